The summed E-state index contributed by atoms with van der Waals surface area (Å²) in [6.07, 6.45) is 6.02. The number of aryl methyl sites for hydroxylation is 2. The summed E-state index contributed by atoms with van der Waals surface area (Å²) in [4.78, 5) is 4.32. The molecule has 1 atom stereocenters. The standard InChI is InChI=1S/C21H33N5O/c1-16(2)15-27-20-10-8-19(9-11-20)17(3)25-21(22-4)23-12-6-7-18-13-24-26(5)14-18/h8-11,13-14,16-17H,6-7,12,15H2,1-5H3,(H2,22,23,25). The minimum Gasteiger partial charge on any atom is -0.493 e. The second kappa shape index (κ2) is 10.6. The molecule has 0 aliphatic carbocycles. The molecule has 2 aromatic rings. The van der Waals surface area contributed by atoms with Crippen molar-refractivity contribution in [2.75, 3.05) is 20.2 Å². The van der Waals surface area contributed by atoms with Crippen molar-refractivity contribution in [1.29, 1.82) is 0 Å². The van der Waals surface area contributed by atoms with Gasteiger partial charge in [-0.05, 0) is 48.9 Å². The van der Waals surface area contributed by atoms with E-state index in [1.54, 1.807) is 7.05 Å². The lowest BCUT2D eigenvalue weighted by Gasteiger charge is -2.19. The topological polar surface area (TPSA) is 63.5 Å². The minimum atomic E-state index is 0.161. The van der Waals surface area contributed by atoms with Gasteiger partial charge in [-0.2, -0.15) is 5.10 Å². The third kappa shape index (κ3) is 7.33. The number of nitrogens with zero attached hydrogens (tertiary/aromatic N) is 3. The number of nitrogens with one attached hydrogen (secondary N) is 2. The normalized spacial score (nSPS) is 12.9. The number of benzene rings is 1. The van der Waals surface area contributed by atoms with Crippen LogP contribution in [0.2, 0.25) is 0 Å². The molecule has 1 aromatic carbocycles. The zero-order valence-electron chi connectivity index (χ0n) is 17.2. The van der Waals surface area contributed by atoms with Gasteiger partial charge in [-0.25, -0.2) is 0 Å². The Balaban J connectivity index is 1.75. The van der Waals surface area contributed by atoms with Crippen LogP contribution >= 0.6 is 0 Å². The molecule has 0 radical (unpaired) electrons. The summed E-state index contributed by atoms with van der Waals surface area (Å²) >= 11 is 0. The van der Waals surface area contributed by atoms with Crippen molar-refractivity contribution in [3.63, 3.8) is 0 Å². The first-order valence-corrected chi connectivity index (χ1v) is 9.65. The fourth-order valence-electron chi connectivity index (χ4n) is 2.70. The van der Waals surface area contributed by atoms with E-state index < -0.39 is 0 Å². The number of aliphatic imine (C=N–C) groups is 1. The minimum absolute atomic E-state index is 0.161. The second-order valence-corrected chi connectivity index (χ2v) is 7.26. The average molecular weight is 372 g/mol. The summed E-state index contributed by atoms with van der Waals surface area (Å²) in [5.74, 6) is 2.25. The van der Waals surface area contributed by atoms with Crippen molar-refractivity contribution in [2.45, 2.75) is 39.7 Å². The van der Waals surface area contributed by atoms with Crippen LogP contribution < -0.4 is 15.4 Å². The van der Waals surface area contributed by atoms with Crippen LogP contribution in [-0.4, -0.2) is 35.9 Å². The molecular formula is C21H33N5O. The smallest absolute Gasteiger partial charge is 0.191 e. The Labute approximate surface area is 163 Å². The first-order valence-electron chi connectivity index (χ1n) is 9.65. The quantitative estimate of drug-likeness (QED) is 0.403. The Morgan fingerprint density at radius 1 is 1.22 bits per heavy atom. The van der Waals surface area contributed by atoms with Gasteiger partial charge in [0.1, 0.15) is 5.75 Å². The lowest BCUT2D eigenvalue weighted by molar-refractivity contribution is 0.271. The first-order chi connectivity index (χ1) is 13.0. The molecule has 2 rings (SSSR count). The molecule has 1 unspecified atom stereocenters. The summed E-state index contributed by atoms with van der Waals surface area (Å²) < 4.78 is 7.58. The number of aromatic nitrogens is 2. The molecule has 0 amide bonds. The predicted molar refractivity (Wildman–Crippen MR) is 111 cm³/mol. The van der Waals surface area contributed by atoms with E-state index >= 15 is 0 Å². The van der Waals surface area contributed by atoms with E-state index in [1.165, 1.54) is 11.1 Å². The third-order valence-electron chi connectivity index (χ3n) is 4.23. The van der Waals surface area contributed by atoms with Crippen LogP contribution in [0, 0.1) is 5.92 Å². The summed E-state index contributed by atoms with van der Waals surface area (Å²) in [5.41, 5.74) is 2.46. The van der Waals surface area contributed by atoms with Crippen LogP contribution in [0.1, 0.15) is 44.4 Å². The number of hydrogen-bond donors (Lipinski definition) is 2. The summed E-state index contributed by atoms with van der Waals surface area (Å²) in [7, 11) is 3.74. The maximum Gasteiger partial charge on any atom is 0.191 e. The van der Waals surface area contributed by atoms with Gasteiger partial charge in [0, 0.05) is 26.8 Å². The number of rotatable bonds is 9. The number of hydrogen-bond acceptors (Lipinski definition) is 3. The Morgan fingerprint density at radius 2 is 1.96 bits per heavy atom. The highest BCUT2D eigenvalue weighted by molar-refractivity contribution is 5.80. The molecule has 0 spiro atoms. The molecular weight excluding hydrogens is 338 g/mol. The Bertz CT molecular complexity index is 706. The van der Waals surface area contributed by atoms with Crippen LogP contribution in [0.5, 0.6) is 5.75 Å². The van der Waals surface area contributed by atoms with Crippen molar-refractivity contribution in [3.8, 4) is 5.75 Å². The largest absolute Gasteiger partial charge is 0.493 e. The van der Waals surface area contributed by atoms with Crippen LogP contribution in [0.15, 0.2) is 41.7 Å². The monoisotopic (exact) mass is 371 g/mol. The van der Waals surface area contributed by atoms with E-state index in [0.717, 1.165) is 37.7 Å². The molecule has 0 saturated carbocycles. The molecule has 0 saturated heterocycles. The molecule has 0 aliphatic rings. The molecule has 0 fully saturated rings. The number of ether oxygens (including phenoxy) is 1. The van der Waals surface area contributed by atoms with Gasteiger partial charge in [-0.3, -0.25) is 9.67 Å². The molecule has 0 aliphatic heterocycles. The highest BCUT2D eigenvalue weighted by Crippen LogP contribution is 2.18. The van der Waals surface area contributed by atoms with Gasteiger partial charge >= 0.3 is 0 Å². The van der Waals surface area contributed by atoms with Crippen molar-refractivity contribution >= 4 is 5.96 Å². The van der Waals surface area contributed by atoms with Crippen molar-refractivity contribution in [3.05, 3.63) is 47.8 Å². The van der Waals surface area contributed by atoms with Crippen LogP contribution in [0.3, 0.4) is 0 Å². The van der Waals surface area contributed by atoms with E-state index in [2.05, 4.69) is 59.8 Å². The second-order valence-electron chi connectivity index (χ2n) is 7.26. The average Bonchev–Trinajstić information content (AvgIpc) is 3.07. The van der Waals surface area contributed by atoms with Crippen molar-refractivity contribution < 1.29 is 4.74 Å². The van der Waals surface area contributed by atoms with Gasteiger partial charge in [0.05, 0.1) is 18.8 Å². The van der Waals surface area contributed by atoms with E-state index in [4.69, 9.17) is 4.74 Å². The Morgan fingerprint density at radius 3 is 2.56 bits per heavy atom. The van der Waals surface area contributed by atoms with Crippen LogP contribution in [0.25, 0.3) is 0 Å². The Kier molecular flexibility index (Phi) is 8.17. The van der Waals surface area contributed by atoms with Gasteiger partial charge in [-0.15, -0.1) is 0 Å². The molecule has 6 nitrogen and oxygen atoms in total. The SMILES string of the molecule is CN=C(NCCCc1cnn(C)c1)NC(C)c1ccc(OCC(C)C)cc1. The summed E-state index contributed by atoms with van der Waals surface area (Å²) in [5, 5.41) is 11.0. The van der Waals surface area contributed by atoms with E-state index in [0.29, 0.717) is 5.92 Å². The lowest BCUT2D eigenvalue weighted by atomic mass is 10.1. The highest BCUT2D eigenvalue weighted by atomic mass is 16.5. The van der Waals surface area contributed by atoms with E-state index in [-0.39, 0.29) is 6.04 Å². The molecule has 2 N–H and O–H groups in total. The van der Waals surface area contributed by atoms with E-state index in [1.807, 2.05) is 30.1 Å². The fraction of sp³-hybridized carbons (Fsp3) is 0.524. The zero-order valence-corrected chi connectivity index (χ0v) is 17.2. The molecule has 1 heterocycles. The summed E-state index contributed by atoms with van der Waals surface area (Å²) in [6.45, 7) is 8.03. The predicted octanol–water partition coefficient (Wildman–Crippen LogP) is 3.31. The van der Waals surface area contributed by atoms with E-state index in [9.17, 15) is 0 Å². The Hall–Kier alpha value is -2.50. The van der Waals surface area contributed by atoms with Crippen LogP contribution in [0.4, 0.5) is 0 Å². The lowest BCUT2D eigenvalue weighted by Crippen LogP contribution is -2.39. The van der Waals surface area contributed by atoms with Crippen molar-refractivity contribution in [2.24, 2.45) is 18.0 Å². The van der Waals surface area contributed by atoms with Crippen LogP contribution in [-0.2, 0) is 13.5 Å². The first kappa shape index (κ1) is 20.8. The fourth-order valence-corrected chi connectivity index (χ4v) is 2.70. The molecule has 27 heavy (non-hydrogen) atoms. The van der Waals surface area contributed by atoms with Gasteiger partial charge < -0.3 is 15.4 Å². The zero-order chi connectivity index (χ0) is 19.6. The summed E-state index contributed by atoms with van der Waals surface area (Å²) in [6, 6.07) is 8.42. The molecule has 0 bridgehead atoms. The van der Waals surface area contributed by atoms with Gasteiger partial charge in [-0.1, -0.05) is 26.0 Å². The van der Waals surface area contributed by atoms with Gasteiger partial charge in [0.25, 0.3) is 0 Å². The third-order valence-corrected chi connectivity index (χ3v) is 4.23. The molecule has 148 valence electrons. The maximum atomic E-state index is 5.75. The van der Waals surface area contributed by atoms with Gasteiger partial charge in [0.15, 0.2) is 5.96 Å². The highest BCUT2D eigenvalue weighted by Gasteiger charge is 2.08. The molecule has 6 heteroatoms. The van der Waals surface area contributed by atoms with Gasteiger partial charge in [0.2, 0.25) is 0 Å². The molecule has 1 aromatic heterocycles. The van der Waals surface area contributed by atoms with Crippen molar-refractivity contribution in [1.82, 2.24) is 20.4 Å². The number of guanidine groups is 1. The maximum absolute atomic E-state index is 5.75.